The molecule has 6 nitrogen and oxygen atoms in total. The SMILES string of the molecule is Cc1[nH]c2ccccc2c1CC(NC(=O)OC(C)(C)C)C(=O)O. The first-order valence-electron chi connectivity index (χ1n) is 7.46. The van der Waals surface area contributed by atoms with Gasteiger partial charge in [-0.25, -0.2) is 9.59 Å². The van der Waals surface area contributed by atoms with Crippen LogP contribution in [0.5, 0.6) is 0 Å². The highest BCUT2D eigenvalue weighted by atomic mass is 16.6. The van der Waals surface area contributed by atoms with Crippen LogP contribution in [0.2, 0.25) is 0 Å². The average molecular weight is 318 g/mol. The maximum absolute atomic E-state index is 11.8. The van der Waals surface area contributed by atoms with Gasteiger partial charge in [0.15, 0.2) is 0 Å². The van der Waals surface area contributed by atoms with Crippen molar-refractivity contribution in [1.29, 1.82) is 0 Å². The number of aromatic nitrogens is 1. The largest absolute Gasteiger partial charge is 0.480 e. The van der Waals surface area contributed by atoms with E-state index in [4.69, 9.17) is 4.74 Å². The molecule has 0 fully saturated rings. The van der Waals surface area contributed by atoms with Gasteiger partial charge in [-0.1, -0.05) is 18.2 Å². The van der Waals surface area contributed by atoms with E-state index in [-0.39, 0.29) is 6.42 Å². The molecular formula is C17H22N2O4. The standard InChI is InChI=1S/C17H22N2O4/c1-10-12(11-7-5-6-8-13(11)18-10)9-14(15(20)21)19-16(22)23-17(2,3)4/h5-8,14,18H,9H2,1-4H3,(H,19,22)(H,20,21). The number of aryl methyl sites for hydroxylation is 1. The molecule has 3 N–H and O–H groups in total. The van der Waals surface area contributed by atoms with Crippen LogP contribution in [0.3, 0.4) is 0 Å². The highest BCUT2D eigenvalue weighted by molar-refractivity contribution is 5.86. The van der Waals surface area contributed by atoms with Crippen LogP contribution in [-0.2, 0) is 16.0 Å². The number of carbonyl (C=O) groups excluding carboxylic acids is 1. The highest BCUT2D eigenvalue weighted by Crippen LogP contribution is 2.23. The molecule has 2 rings (SSSR count). The van der Waals surface area contributed by atoms with Gasteiger partial charge >= 0.3 is 12.1 Å². The Morgan fingerprint density at radius 1 is 1.30 bits per heavy atom. The molecule has 1 amide bonds. The summed E-state index contributed by atoms with van der Waals surface area (Å²) in [6.45, 7) is 7.08. The van der Waals surface area contributed by atoms with Crippen molar-refractivity contribution in [3.8, 4) is 0 Å². The fraction of sp³-hybridized carbons (Fsp3) is 0.412. The minimum Gasteiger partial charge on any atom is -0.480 e. The Hall–Kier alpha value is -2.50. The third-order valence-electron chi connectivity index (χ3n) is 3.42. The molecule has 2 aromatic rings. The van der Waals surface area contributed by atoms with Crippen molar-refractivity contribution in [2.75, 3.05) is 0 Å². The molecular weight excluding hydrogens is 296 g/mol. The van der Waals surface area contributed by atoms with E-state index in [0.29, 0.717) is 0 Å². The van der Waals surface area contributed by atoms with Gasteiger partial charge in [-0.3, -0.25) is 0 Å². The Morgan fingerprint density at radius 2 is 1.96 bits per heavy atom. The summed E-state index contributed by atoms with van der Waals surface area (Å²) in [5.74, 6) is -1.10. The quantitative estimate of drug-likeness (QED) is 0.808. The Kier molecular flexibility index (Phi) is 4.63. The van der Waals surface area contributed by atoms with E-state index in [1.54, 1.807) is 20.8 Å². The number of ether oxygens (including phenoxy) is 1. The molecule has 23 heavy (non-hydrogen) atoms. The smallest absolute Gasteiger partial charge is 0.408 e. The number of hydrogen-bond donors (Lipinski definition) is 3. The van der Waals surface area contributed by atoms with E-state index in [0.717, 1.165) is 22.2 Å². The predicted molar refractivity (Wildman–Crippen MR) is 87.5 cm³/mol. The predicted octanol–water partition coefficient (Wildman–Crippen LogP) is 3.00. The Labute approximate surface area is 134 Å². The number of fused-ring (bicyclic) bond motifs is 1. The Morgan fingerprint density at radius 3 is 2.57 bits per heavy atom. The van der Waals surface area contributed by atoms with E-state index in [1.807, 2.05) is 31.2 Å². The number of amides is 1. The summed E-state index contributed by atoms with van der Waals surface area (Å²) >= 11 is 0. The van der Waals surface area contributed by atoms with Crippen LogP contribution in [0, 0.1) is 6.92 Å². The molecule has 0 aliphatic heterocycles. The third-order valence-corrected chi connectivity index (χ3v) is 3.42. The average Bonchev–Trinajstić information content (AvgIpc) is 2.72. The highest BCUT2D eigenvalue weighted by Gasteiger charge is 2.25. The van der Waals surface area contributed by atoms with Crippen LogP contribution in [0.25, 0.3) is 10.9 Å². The zero-order valence-corrected chi connectivity index (χ0v) is 13.8. The van der Waals surface area contributed by atoms with Crippen molar-refractivity contribution >= 4 is 23.0 Å². The van der Waals surface area contributed by atoms with Gasteiger partial charge in [-0.2, -0.15) is 0 Å². The van der Waals surface area contributed by atoms with Crippen LogP contribution >= 0.6 is 0 Å². The van der Waals surface area contributed by atoms with E-state index >= 15 is 0 Å². The fourth-order valence-electron chi connectivity index (χ4n) is 2.45. The number of carboxylic acid groups (broad SMARTS) is 1. The third kappa shape index (κ3) is 4.25. The van der Waals surface area contributed by atoms with Crippen molar-refractivity contribution in [3.05, 3.63) is 35.5 Å². The molecule has 1 heterocycles. The van der Waals surface area contributed by atoms with E-state index in [2.05, 4.69) is 10.3 Å². The number of aliphatic carboxylic acids is 1. The van der Waals surface area contributed by atoms with Crippen molar-refractivity contribution < 1.29 is 19.4 Å². The number of aromatic amines is 1. The lowest BCUT2D eigenvalue weighted by Gasteiger charge is -2.22. The van der Waals surface area contributed by atoms with Gasteiger partial charge in [0.2, 0.25) is 0 Å². The lowest BCUT2D eigenvalue weighted by molar-refractivity contribution is -0.139. The number of carbonyl (C=O) groups is 2. The summed E-state index contributed by atoms with van der Waals surface area (Å²) < 4.78 is 5.13. The van der Waals surface area contributed by atoms with Crippen LogP contribution < -0.4 is 5.32 Å². The number of benzene rings is 1. The molecule has 1 atom stereocenters. The minimum atomic E-state index is -1.10. The zero-order chi connectivity index (χ0) is 17.2. The number of hydrogen-bond acceptors (Lipinski definition) is 3. The molecule has 0 saturated carbocycles. The second-order valence-electron chi connectivity index (χ2n) is 6.52. The van der Waals surface area contributed by atoms with Crippen molar-refractivity contribution in [3.63, 3.8) is 0 Å². The molecule has 1 unspecified atom stereocenters. The van der Waals surface area contributed by atoms with Gasteiger partial charge in [0.05, 0.1) is 0 Å². The maximum atomic E-state index is 11.8. The van der Waals surface area contributed by atoms with Gasteiger partial charge in [0.1, 0.15) is 11.6 Å². The van der Waals surface area contributed by atoms with Crippen molar-refractivity contribution in [2.45, 2.75) is 45.8 Å². The van der Waals surface area contributed by atoms with Crippen LogP contribution in [0.15, 0.2) is 24.3 Å². The van der Waals surface area contributed by atoms with Crippen molar-refractivity contribution in [2.24, 2.45) is 0 Å². The topological polar surface area (TPSA) is 91.4 Å². The fourth-order valence-corrected chi connectivity index (χ4v) is 2.45. The normalized spacial score (nSPS) is 12.9. The number of alkyl carbamates (subject to hydrolysis) is 1. The molecule has 0 spiro atoms. The molecule has 0 aliphatic rings. The van der Waals surface area contributed by atoms with Crippen LogP contribution in [0.4, 0.5) is 4.79 Å². The molecule has 6 heteroatoms. The molecule has 0 bridgehead atoms. The summed E-state index contributed by atoms with van der Waals surface area (Å²) in [7, 11) is 0. The van der Waals surface area contributed by atoms with E-state index < -0.39 is 23.7 Å². The molecule has 0 aliphatic carbocycles. The molecule has 1 aromatic carbocycles. The lowest BCUT2D eigenvalue weighted by atomic mass is 10.0. The first-order chi connectivity index (χ1) is 10.7. The number of H-pyrrole nitrogens is 1. The van der Waals surface area contributed by atoms with Crippen LogP contribution in [-0.4, -0.2) is 33.8 Å². The minimum absolute atomic E-state index is 0.185. The number of nitrogens with one attached hydrogen (secondary N) is 2. The second-order valence-corrected chi connectivity index (χ2v) is 6.52. The second kappa shape index (κ2) is 6.32. The summed E-state index contributed by atoms with van der Waals surface area (Å²) in [6, 6.07) is 6.62. The molecule has 0 radical (unpaired) electrons. The number of rotatable bonds is 4. The molecule has 0 saturated heterocycles. The lowest BCUT2D eigenvalue weighted by Crippen LogP contribution is -2.44. The van der Waals surface area contributed by atoms with Gasteiger partial charge in [0, 0.05) is 23.0 Å². The van der Waals surface area contributed by atoms with E-state index in [9.17, 15) is 14.7 Å². The number of carboxylic acids is 1. The zero-order valence-electron chi connectivity index (χ0n) is 13.8. The summed E-state index contributed by atoms with van der Waals surface area (Å²) in [6.07, 6.45) is -0.549. The number of para-hydroxylation sites is 1. The van der Waals surface area contributed by atoms with Gasteiger partial charge in [-0.15, -0.1) is 0 Å². The molecule has 124 valence electrons. The van der Waals surface area contributed by atoms with Crippen LogP contribution in [0.1, 0.15) is 32.0 Å². The first-order valence-corrected chi connectivity index (χ1v) is 7.46. The first kappa shape index (κ1) is 16.9. The monoisotopic (exact) mass is 318 g/mol. The van der Waals surface area contributed by atoms with Gasteiger partial charge in [-0.05, 0) is 39.3 Å². The Bertz CT molecular complexity index is 728. The Balaban J connectivity index is 2.20. The van der Waals surface area contributed by atoms with Crippen molar-refractivity contribution in [1.82, 2.24) is 10.3 Å². The van der Waals surface area contributed by atoms with Gasteiger partial charge in [0.25, 0.3) is 0 Å². The summed E-state index contributed by atoms with van der Waals surface area (Å²) in [5.41, 5.74) is 2.04. The molecule has 1 aromatic heterocycles. The van der Waals surface area contributed by atoms with E-state index in [1.165, 1.54) is 0 Å². The summed E-state index contributed by atoms with van der Waals surface area (Å²) in [5, 5.41) is 12.8. The summed E-state index contributed by atoms with van der Waals surface area (Å²) in [4.78, 5) is 26.6. The maximum Gasteiger partial charge on any atom is 0.408 e. The van der Waals surface area contributed by atoms with Gasteiger partial charge < -0.3 is 20.1 Å².